The van der Waals surface area contributed by atoms with Gasteiger partial charge in [-0.05, 0) is 31.7 Å². The third-order valence-corrected chi connectivity index (χ3v) is 5.38. The number of hydrogen-bond donors (Lipinski definition) is 4. The molecule has 1 aromatic carbocycles. The Morgan fingerprint density at radius 3 is 2.89 bits per heavy atom. The number of nitrogens with one attached hydrogen (secondary N) is 2. The van der Waals surface area contributed by atoms with E-state index in [0.717, 1.165) is 37.0 Å². The molecular weight excluding hydrogens is 354 g/mol. The lowest BCUT2D eigenvalue weighted by atomic mass is 9.93. The molecule has 0 spiro atoms. The van der Waals surface area contributed by atoms with Crippen LogP contribution in [0.5, 0.6) is 5.75 Å². The molecule has 2 aliphatic rings. The summed E-state index contributed by atoms with van der Waals surface area (Å²) >= 11 is 0. The first-order valence-electron chi connectivity index (χ1n) is 9.85. The van der Waals surface area contributed by atoms with E-state index in [0.29, 0.717) is 36.1 Å². The minimum atomic E-state index is -0.269. The maximum Gasteiger partial charge on any atom is 0.225 e. The van der Waals surface area contributed by atoms with Gasteiger partial charge in [0.2, 0.25) is 5.95 Å². The molecule has 0 amide bonds. The van der Waals surface area contributed by atoms with Crippen molar-refractivity contribution in [3.63, 3.8) is 0 Å². The Balaban J connectivity index is 1.56. The molecule has 1 saturated carbocycles. The van der Waals surface area contributed by atoms with E-state index >= 15 is 0 Å². The largest absolute Gasteiger partial charge is 0.493 e. The Labute approximate surface area is 165 Å². The molecule has 2 heterocycles. The van der Waals surface area contributed by atoms with Crippen LogP contribution >= 0.6 is 0 Å². The number of aliphatic hydroxyl groups is 1. The van der Waals surface area contributed by atoms with Crippen LogP contribution in [0.3, 0.4) is 0 Å². The molecule has 1 aliphatic heterocycles. The fourth-order valence-electron chi connectivity index (χ4n) is 3.93. The second-order valence-corrected chi connectivity index (χ2v) is 7.51. The average Bonchev–Trinajstić information content (AvgIpc) is 2.68. The van der Waals surface area contributed by atoms with E-state index < -0.39 is 0 Å². The smallest absolute Gasteiger partial charge is 0.225 e. The van der Waals surface area contributed by atoms with E-state index in [1.165, 1.54) is 0 Å². The van der Waals surface area contributed by atoms with Gasteiger partial charge in [0.15, 0.2) is 0 Å². The van der Waals surface area contributed by atoms with Gasteiger partial charge in [-0.1, -0.05) is 24.8 Å². The fourth-order valence-corrected chi connectivity index (χ4v) is 3.93. The average molecular weight is 381 g/mol. The molecule has 0 saturated heterocycles. The Kier molecular flexibility index (Phi) is 5.34. The molecule has 1 fully saturated rings. The Bertz CT molecular complexity index is 856. The van der Waals surface area contributed by atoms with Crippen molar-refractivity contribution in [2.45, 2.75) is 50.3 Å². The molecule has 1 aliphatic carbocycles. The molecule has 0 radical (unpaired) electrons. The highest BCUT2D eigenvalue weighted by molar-refractivity contribution is 5.71. The zero-order chi connectivity index (χ0) is 19.5. The predicted molar refractivity (Wildman–Crippen MR) is 110 cm³/mol. The first-order valence-corrected chi connectivity index (χ1v) is 9.85. The van der Waals surface area contributed by atoms with Gasteiger partial charge in [-0.3, -0.25) is 0 Å². The molecule has 7 nitrogen and oxygen atoms in total. The van der Waals surface area contributed by atoms with Crippen molar-refractivity contribution in [1.29, 1.82) is 0 Å². The van der Waals surface area contributed by atoms with Crippen LogP contribution in [0, 0.1) is 0 Å². The fraction of sp³-hybridized carbons (Fsp3) is 0.429. The van der Waals surface area contributed by atoms with Crippen LogP contribution in [-0.4, -0.2) is 33.8 Å². The number of anilines is 2. The van der Waals surface area contributed by atoms with Crippen molar-refractivity contribution < 1.29 is 9.84 Å². The number of aromatic nitrogens is 2. The Morgan fingerprint density at radius 1 is 1.21 bits per heavy atom. The lowest BCUT2D eigenvalue weighted by Crippen LogP contribution is -2.31. The van der Waals surface area contributed by atoms with Crippen LogP contribution < -0.4 is 21.1 Å². The van der Waals surface area contributed by atoms with Gasteiger partial charge in [0.1, 0.15) is 11.6 Å². The Morgan fingerprint density at radius 2 is 2.07 bits per heavy atom. The van der Waals surface area contributed by atoms with Gasteiger partial charge in [0, 0.05) is 29.9 Å². The van der Waals surface area contributed by atoms with Crippen molar-refractivity contribution in [1.82, 2.24) is 9.97 Å². The molecule has 4 rings (SSSR count). The van der Waals surface area contributed by atoms with Crippen LogP contribution in [0.25, 0.3) is 5.70 Å². The van der Waals surface area contributed by atoms with Gasteiger partial charge in [-0.25, -0.2) is 4.98 Å². The molecular formula is C21H27N5O2. The van der Waals surface area contributed by atoms with Crippen molar-refractivity contribution in [2.75, 3.05) is 17.2 Å². The monoisotopic (exact) mass is 381 g/mol. The van der Waals surface area contributed by atoms with Crippen LogP contribution in [0.2, 0.25) is 0 Å². The summed E-state index contributed by atoms with van der Waals surface area (Å²) in [5.41, 5.74) is 8.16. The van der Waals surface area contributed by atoms with Crippen LogP contribution in [0.15, 0.2) is 37.0 Å². The summed E-state index contributed by atoms with van der Waals surface area (Å²) in [6.45, 7) is 4.49. The summed E-state index contributed by atoms with van der Waals surface area (Å²) in [6, 6.07) is 8.26. The highest BCUT2D eigenvalue weighted by Crippen LogP contribution is 2.34. The number of para-hydroxylation sites is 1. The van der Waals surface area contributed by atoms with Crippen molar-refractivity contribution in [3.8, 4) is 5.75 Å². The lowest BCUT2D eigenvalue weighted by Gasteiger charge is -2.29. The molecule has 148 valence electrons. The van der Waals surface area contributed by atoms with E-state index in [-0.39, 0.29) is 18.2 Å². The molecule has 2 aromatic rings. The second kappa shape index (κ2) is 8.06. The predicted octanol–water partition coefficient (Wildman–Crippen LogP) is 3.06. The highest BCUT2D eigenvalue weighted by Gasteiger charge is 2.24. The van der Waals surface area contributed by atoms with E-state index in [1.807, 2.05) is 18.2 Å². The van der Waals surface area contributed by atoms with E-state index in [9.17, 15) is 5.11 Å². The van der Waals surface area contributed by atoms with Gasteiger partial charge in [0.25, 0.3) is 0 Å². The van der Waals surface area contributed by atoms with Gasteiger partial charge >= 0.3 is 0 Å². The van der Waals surface area contributed by atoms with Crippen molar-refractivity contribution >= 4 is 17.5 Å². The minimum absolute atomic E-state index is 0.0845. The lowest BCUT2D eigenvalue weighted by molar-refractivity contribution is 0.124. The molecule has 7 heteroatoms. The SMILES string of the molecule is C=C(N)c1cnc(N[C@@H]2CCOc3ccccc32)nc1N[C@@H]1CCC[C@H](O)C1. The third-order valence-electron chi connectivity index (χ3n) is 5.38. The van der Waals surface area contributed by atoms with E-state index in [1.54, 1.807) is 6.20 Å². The van der Waals surface area contributed by atoms with Crippen LogP contribution in [0.1, 0.15) is 49.3 Å². The summed E-state index contributed by atoms with van der Waals surface area (Å²) in [6.07, 6.45) is 5.81. The number of fused-ring (bicyclic) bond motifs is 1. The van der Waals surface area contributed by atoms with Crippen molar-refractivity contribution in [3.05, 3.63) is 48.2 Å². The van der Waals surface area contributed by atoms with Crippen LogP contribution in [-0.2, 0) is 0 Å². The summed E-state index contributed by atoms with van der Waals surface area (Å²) in [5, 5.41) is 16.8. The van der Waals surface area contributed by atoms with E-state index in [4.69, 9.17) is 10.5 Å². The maximum atomic E-state index is 9.96. The second-order valence-electron chi connectivity index (χ2n) is 7.51. The number of aliphatic hydroxyl groups excluding tert-OH is 1. The summed E-state index contributed by atoms with van der Waals surface area (Å²) in [7, 11) is 0. The summed E-state index contributed by atoms with van der Waals surface area (Å²) in [5.74, 6) is 2.09. The maximum absolute atomic E-state index is 9.96. The number of benzene rings is 1. The Hall–Kier alpha value is -2.80. The molecule has 0 bridgehead atoms. The molecule has 28 heavy (non-hydrogen) atoms. The number of hydrogen-bond acceptors (Lipinski definition) is 7. The van der Waals surface area contributed by atoms with Gasteiger partial charge in [-0.2, -0.15) is 4.98 Å². The zero-order valence-electron chi connectivity index (χ0n) is 15.9. The summed E-state index contributed by atoms with van der Waals surface area (Å²) in [4.78, 5) is 9.13. The highest BCUT2D eigenvalue weighted by atomic mass is 16.5. The number of nitrogens with zero attached hydrogens (tertiary/aromatic N) is 2. The first-order chi connectivity index (χ1) is 13.6. The number of ether oxygens (including phenoxy) is 1. The zero-order valence-corrected chi connectivity index (χ0v) is 15.9. The van der Waals surface area contributed by atoms with E-state index in [2.05, 4.69) is 33.2 Å². The number of rotatable bonds is 5. The van der Waals surface area contributed by atoms with Gasteiger partial charge in [0.05, 0.1) is 24.3 Å². The van der Waals surface area contributed by atoms with Gasteiger partial charge < -0.3 is 26.2 Å². The first kappa shape index (κ1) is 18.6. The number of nitrogens with two attached hydrogens (primary N) is 1. The molecule has 1 aromatic heterocycles. The summed E-state index contributed by atoms with van der Waals surface area (Å²) < 4.78 is 5.73. The van der Waals surface area contributed by atoms with Crippen LogP contribution in [0.4, 0.5) is 11.8 Å². The molecule has 3 atom stereocenters. The normalized spacial score (nSPS) is 24.0. The van der Waals surface area contributed by atoms with Gasteiger partial charge in [-0.15, -0.1) is 0 Å². The minimum Gasteiger partial charge on any atom is -0.493 e. The topological polar surface area (TPSA) is 105 Å². The van der Waals surface area contributed by atoms with Crippen molar-refractivity contribution in [2.24, 2.45) is 5.73 Å². The molecule has 5 N–H and O–H groups in total. The quantitative estimate of drug-likeness (QED) is 0.631. The standard InChI is InChI=1S/C21H27N5O2/c1-13(22)17-12-23-21(26-20(17)24-14-5-4-6-15(27)11-14)25-18-9-10-28-19-8-3-2-7-16(18)19/h2-3,7-8,12,14-15,18,27H,1,4-6,9-11,22H2,(H2,23,24,25,26)/t14-,15+,18-/m1/s1. The third kappa shape index (κ3) is 4.04. The molecule has 0 unspecified atom stereocenters.